The number of nitrogens with one attached hydrogen (secondary N) is 3. The quantitative estimate of drug-likeness (QED) is 0.649. The lowest BCUT2D eigenvalue weighted by Crippen LogP contribution is -2.51. The van der Waals surface area contributed by atoms with E-state index in [2.05, 4.69) is 22.9 Å². The first-order chi connectivity index (χ1) is 8.63. The molecule has 1 aliphatic heterocycles. The minimum atomic E-state index is 0.0259. The Morgan fingerprint density at radius 3 is 2.67 bits per heavy atom. The lowest BCUT2D eigenvalue weighted by atomic mass is 9.99. The van der Waals surface area contributed by atoms with Crippen molar-refractivity contribution >= 4 is 11.8 Å². The van der Waals surface area contributed by atoms with Crippen molar-refractivity contribution in [3.05, 3.63) is 0 Å². The topological polar surface area (TPSA) is 70.2 Å². The maximum Gasteiger partial charge on any atom is 0.220 e. The van der Waals surface area contributed by atoms with Crippen LogP contribution in [0.5, 0.6) is 0 Å². The molecule has 18 heavy (non-hydrogen) atoms. The molecule has 0 saturated carbocycles. The predicted octanol–water partition coefficient (Wildman–Crippen LogP) is 0.550. The smallest absolute Gasteiger partial charge is 0.220 e. The zero-order valence-corrected chi connectivity index (χ0v) is 11.4. The molecule has 0 aromatic rings. The van der Waals surface area contributed by atoms with Crippen molar-refractivity contribution in [1.82, 2.24) is 16.0 Å². The van der Waals surface area contributed by atoms with Crippen LogP contribution in [-0.2, 0) is 9.59 Å². The van der Waals surface area contributed by atoms with Crippen LogP contribution in [0.25, 0.3) is 0 Å². The minimum Gasteiger partial charge on any atom is -0.356 e. The number of carbonyl (C=O) groups excluding carboxylic acids is 2. The van der Waals surface area contributed by atoms with Gasteiger partial charge in [-0.05, 0) is 39.7 Å². The van der Waals surface area contributed by atoms with Crippen molar-refractivity contribution in [2.24, 2.45) is 0 Å². The molecule has 2 atom stereocenters. The van der Waals surface area contributed by atoms with Gasteiger partial charge in [0, 0.05) is 31.5 Å². The fourth-order valence-electron chi connectivity index (χ4n) is 2.22. The Labute approximate surface area is 109 Å². The van der Waals surface area contributed by atoms with Crippen LogP contribution in [0.15, 0.2) is 0 Å². The molecule has 0 aliphatic carbocycles. The minimum absolute atomic E-state index is 0.0259. The van der Waals surface area contributed by atoms with Crippen LogP contribution in [0.1, 0.15) is 46.0 Å². The summed E-state index contributed by atoms with van der Waals surface area (Å²) < 4.78 is 0. The van der Waals surface area contributed by atoms with Crippen LogP contribution in [0, 0.1) is 0 Å². The molecule has 0 aromatic heterocycles. The van der Waals surface area contributed by atoms with Gasteiger partial charge in [-0.25, -0.2) is 0 Å². The molecule has 1 heterocycles. The highest BCUT2D eigenvalue weighted by Crippen LogP contribution is 2.08. The first kappa shape index (κ1) is 15.0. The van der Waals surface area contributed by atoms with Crippen LogP contribution in [0.3, 0.4) is 0 Å². The standard InChI is InChI=1S/C13H25N3O2/c1-3-14-12(17)7-4-8-13(18)16-11-6-5-9-15-10(11)2/h10-11,15H,3-9H2,1-2H3,(H,14,17)(H,16,18). The van der Waals surface area contributed by atoms with E-state index in [1.807, 2.05) is 6.92 Å². The average Bonchev–Trinajstić information content (AvgIpc) is 2.32. The van der Waals surface area contributed by atoms with Gasteiger partial charge >= 0.3 is 0 Å². The van der Waals surface area contributed by atoms with Gasteiger partial charge in [0.05, 0.1) is 0 Å². The van der Waals surface area contributed by atoms with Gasteiger partial charge in [-0.1, -0.05) is 0 Å². The summed E-state index contributed by atoms with van der Waals surface area (Å²) in [6.07, 6.45) is 3.62. The van der Waals surface area contributed by atoms with Crippen LogP contribution >= 0.6 is 0 Å². The van der Waals surface area contributed by atoms with Gasteiger partial charge in [0.2, 0.25) is 11.8 Å². The van der Waals surface area contributed by atoms with Crippen molar-refractivity contribution in [3.8, 4) is 0 Å². The molecule has 104 valence electrons. The third kappa shape index (κ3) is 5.49. The van der Waals surface area contributed by atoms with Gasteiger partial charge in [0.25, 0.3) is 0 Å². The Hall–Kier alpha value is -1.10. The van der Waals surface area contributed by atoms with Crippen LogP contribution < -0.4 is 16.0 Å². The molecule has 5 nitrogen and oxygen atoms in total. The van der Waals surface area contributed by atoms with Crippen molar-refractivity contribution in [2.75, 3.05) is 13.1 Å². The number of hydrogen-bond acceptors (Lipinski definition) is 3. The van der Waals surface area contributed by atoms with Gasteiger partial charge in [-0.2, -0.15) is 0 Å². The second-order valence-corrected chi connectivity index (χ2v) is 4.87. The van der Waals surface area contributed by atoms with Gasteiger partial charge in [-0.15, -0.1) is 0 Å². The van der Waals surface area contributed by atoms with E-state index in [0.717, 1.165) is 19.4 Å². The molecule has 1 fully saturated rings. The van der Waals surface area contributed by atoms with E-state index in [0.29, 0.717) is 31.8 Å². The van der Waals surface area contributed by atoms with E-state index in [1.165, 1.54) is 0 Å². The molecular weight excluding hydrogens is 230 g/mol. The Bertz CT molecular complexity index is 281. The second-order valence-electron chi connectivity index (χ2n) is 4.87. The maximum absolute atomic E-state index is 11.7. The van der Waals surface area contributed by atoms with Crippen molar-refractivity contribution in [1.29, 1.82) is 0 Å². The summed E-state index contributed by atoms with van der Waals surface area (Å²) in [4.78, 5) is 22.9. The van der Waals surface area contributed by atoms with Crippen molar-refractivity contribution in [3.63, 3.8) is 0 Å². The molecule has 0 aromatic carbocycles. The summed E-state index contributed by atoms with van der Waals surface area (Å²) >= 11 is 0. The number of carbonyl (C=O) groups is 2. The number of piperidine rings is 1. The maximum atomic E-state index is 11.7. The predicted molar refractivity (Wildman–Crippen MR) is 71.2 cm³/mol. The highest BCUT2D eigenvalue weighted by Gasteiger charge is 2.21. The van der Waals surface area contributed by atoms with Crippen LogP contribution in [0.4, 0.5) is 0 Å². The SMILES string of the molecule is CCNC(=O)CCCC(=O)NC1CCCNC1C. The monoisotopic (exact) mass is 255 g/mol. The highest BCUT2D eigenvalue weighted by atomic mass is 16.2. The van der Waals surface area contributed by atoms with Crippen LogP contribution in [0.2, 0.25) is 0 Å². The third-order valence-corrected chi connectivity index (χ3v) is 3.29. The molecule has 1 aliphatic rings. The first-order valence-corrected chi connectivity index (χ1v) is 6.93. The van der Waals surface area contributed by atoms with E-state index in [9.17, 15) is 9.59 Å². The molecule has 0 bridgehead atoms. The zero-order valence-electron chi connectivity index (χ0n) is 11.4. The summed E-state index contributed by atoms with van der Waals surface area (Å²) in [7, 11) is 0. The van der Waals surface area contributed by atoms with Gasteiger partial charge < -0.3 is 16.0 Å². The summed E-state index contributed by atoms with van der Waals surface area (Å²) in [5, 5.41) is 9.12. The lowest BCUT2D eigenvalue weighted by Gasteiger charge is -2.30. The van der Waals surface area contributed by atoms with Crippen molar-refractivity contribution in [2.45, 2.75) is 58.0 Å². The van der Waals surface area contributed by atoms with Gasteiger partial charge in [0.15, 0.2) is 0 Å². The molecule has 1 saturated heterocycles. The molecule has 5 heteroatoms. The fourth-order valence-corrected chi connectivity index (χ4v) is 2.22. The number of hydrogen-bond donors (Lipinski definition) is 3. The Kier molecular flexibility index (Phi) is 6.72. The molecule has 0 radical (unpaired) electrons. The summed E-state index contributed by atoms with van der Waals surface area (Å²) in [5.41, 5.74) is 0. The largest absolute Gasteiger partial charge is 0.356 e. The molecule has 1 rings (SSSR count). The average molecular weight is 255 g/mol. The van der Waals surface area contributed by atoms with E-state index >= 15 is 0 Å². The van der Waals surface area contributed by atoms with E-state index in [4.69, 9.17) is 0 Å². The van der Waals surface area contributed by atoms with E-state index < -0.39 is 0 Å². The van der Waals surface area contributed by atoms with E-state index in [-0.39, 0.29) is 17.9 Å². The first-order valence-electron chi connectivity index (χ1n) is 6.93. The molecule has 3 N–H and O–H groups in total. The molecule has 0 spiro atoms. The zero-order chi connectivity index (χ0) is 13.4. The van der Waals surface area contributed by atoms with Crippen molar-refractivity contribution < 1.29 is 9.59 Å². The Morgan fingerprint density at radius 1 is 1.28 bits per heavy atom. The summed E-state index contributed by atoms with van der Waals surface area (Å²) in [5.74, 6) is 0.0813. The van der Waals surface area contributed by atoms with E-state index in [1.54, 1.807) is 0 Å². The van der Waals surface area contributed by atoms with Crippen LogP contribution in [-0.4, -0.2) is 37.0 Å². The Balaban J connectivity index is 2.15. The summed E-state index contributed by atoms with van der Waals surface area (Å²) in [6, 6.07) is 0.571. The fraction of sp³-hybridized carbons (Fsp3) is 0.846. The summed E-state index contributed by atoms with van der Waals surface area (Å²) in [6.45, 7) is 5.67. The van der Waals surface area contributed by atoms with Gasteiger partial charge in [0.1, 0.15) is 0 Å². The normalized spacial score (nSPS) is 23.4. The molecular formula is C13H25N3O2. The Morgan fingerprint density at radius 2 is 2.00 bits per heavy atom. The third-order valence-electron chi connectivity index (χ3n) is 3.29. The van der Waals surface area contributed by atoms with Gasteiger partial charge in [-0.3, -0.25) is 9.59 Å². The number of amides is 2. The molecule has 2 unspecified atom stereocenters. The lowest BCUT2D eigenvalue weighted by molar-refractivity contribution is -0.123. The number of rotatable bonds is 6. The highest BCUT2D eigenvalue weighted by molar-refractivity contribution is 5.79. The second kappa shape index (κ2) is 8.08. The molecule has 2 amide bonds.